The van der Waals surface area contributed by atoms with Crippen molar-refractivity contribution in [2.24, 2.45) is 0 Å². The summed E-state index contributed by atoms with van der Waals surface area (Å²) in [7, 11) is 8.33. The van der Waals surface area contributed by atoms with Gasteiger partial charge in [-0.3, -0.25) is 0 Å². The topological polar surface area (TPSA) is 0 Å². The molecule has 6 heteroatoms. The fraction of sp³-hybridized carbons (Fsp3) is 0. The summed E-state index contributed by atoms with van der Waals surface area (Å²) in [5.74, 6) is 0. The van der Waals surface area contributed by atoms with Crippen molar-refractivity contribution >= 4 is 51.3 Å². The van der Waals surface area contributed by atoms with Gasteiger partial charge in [-0.1, -0.05) is 0 Å². The Balaban J connectivity index is 2.00. The highest BCUT2D eigenvalue weighted by molar-refractivity contribution is 7.76. The van der Waals surface area contributed by atoms with E-state index in [1.165, 1.54) is 51.3 Å². The van der Waals surface area contributed by atoms with Crippen LogP contribution in [0, 0.1) is 0 Å². The zero-order chi connectivity index (χ0) is 4.24. The fourth-order valence-electron chi connectivity index (χ4n) is 0.188. The first kappa shape index (κ1) is 5.44. The molecule has 0 nitrogen and oxygen atoms in total. The zero-order valence-corrected chi connectivity index (χ0v) is 9.00. The predicted octanol–water partition coefficient (Wildman–Crippen LogP) is -2.28. The van der Waals surface area contributed by atoms with Gasteiger partial charge in [-0.05, 0) is 0 Å². The lowest BCUT2D eigenvalue weighted by Crippen LogP contribution is -2.38. The van der Waals surface area contributed by atoms with E-state index in [2.05, 4.69) is 0 Å². The Hall–Kier alpha value is 1.30. The van der Waals surface area contributed by atoms with Crippen molar-refractivity contribution in [2.75, 3.05) is 0 Å². The first-order valence-corrected chi connectivity index (χ1v) is 13.5. The van der Waals surface area contributed by atoms with E-state index in [0.717, 1.165) is 0 Å². The quantitative estimate of drug-likeness (QED) is 0.358. The van der Waals surface area contributed by atoms with Crippen molar-refractivity contribution in [3.63, 3.8) is 0 Å². The van der Waals surface area contributed by atoms with Gasteiger partial charge >= 0.3 is 0 Å². The van der Waals surface area contributed by atoms with Gasteiger partial charge in [0.25, 0.3) is 0 Å². The Kier molecular flexibility index (Phi) is 3.01. The van der Waals surface area contributed by atoms with Gasteiger partial charge in [0, 0.05) is 51.3 Å². The molecule has 1 saturated heterocycles. The lowest BCUT2D eigenvalue weighted by atomic mass is 26.1. The summed E-state index contributed by atoms with van der Waals surface area (Å²) in [5, 5.41) is 0. The molecule has 1 aliphatic rings. The first-order chi connectivity index (χ1) is 3.00. The number of hydrogen-bond acceptors (Lipinski definition) is 0. The predicted molar refractivity (Wildman–Crippen MR) is 34.5 cm³/mol. The van der Waals surface area contributed by atoms with E-state index < -0.39 is 0 Å². The molecule has 12 radical (unpaired) electrons. The van der Waals surface area contributed by atoms with Crippen LogP contribution in [-0.2, 0) is 0 Å². The van der Waals surface area contributed by atoms with Crippen molar-refractivity contribution < 1.29 is 0 Å². The number of hydrogen-bond donors (Lipinski definition) is 0. The molecule has 0 bridgehead atoms. The highest BCUT2D eigenvalue weighted by Gasteiger charge is 2.00. The standard InChI is InChI=1S/Si6/c1-2-4-6-5-3-1. The summed E-state index contributed by atoms with van der Waals surface area (Å²) in [6.07, 6.45) is 0. The van der Waals surface area contributed by atoms with Crippen LogP contribution in [0.2, 0.25) is 0 Å². The molecule has 0 aromatic heterocycles. The van der Waals surface area contributed by atoms with E-state index in [1.807, 2.05) is 0 Å². The van der Waals surface area contributed by atoms with Crippen molar-refractivity contribution in [1.29, 1.82) is 0 Å². The third-order valence-electron chi connectivity index (χ3n) is 0.375. The Morgan fingerprint density at radius 2 is 0.500 bits per heavy atom. The van der Waals surface area contributed by atoms with Gasteiger partial charge in [-0.25, -0.2) is 0 Å². The second-order valence-corrected chi connectivity index (χ2v) is 20.2. The van der Waals surface area contributed by atoms with Crippen molar-refractivity contribution in [2.45, 2.75) is 0 Å². The molecule has 24 valence electrons. The van der Waals surface area contributed by atoms with Crippen LogP contribution in [0.25, 0.3) is 0 Å². The molecule has 1 aliphatic heterocycles. The van der Waals surface area contributed by atoms with Crippen LogP contribution in [0.1, 0.15) is 0 Å². The molecule has 1 fully saturated rings. The van der Waals surface area contributed by atoms with Crippen LogP contribution >= 0.6 is 0 Å². The van der Waals surface area contributed by atoms with Crippen molar-refractivity contribution in [3.05, 3.63) is 0 Å². The van der Waals surface area contributed by atoms with Crippen LogP contribution in [-0.4, -0.2) is 51.3 Å². The molecule has 1 heterocycles. The third kappa shape index (κ3) is 1.84. The average Bonchev–Trinajstić information content (AvgIpc) is 1.72. The minimum absolute atomic E-state index is 1.39. The molecule has 0 aliphatic carbocycles. The zero-order valence-electron chi connectivity index (χ0n) is 3.00. The molecular weight excluding hydrogens is 169 g/mol. The van der Waals surface area contributed by atoms with Crippen molar-refractivity contribution in [3.8, 4) is 0 Å². The molecule has 0 amide bonds. The summed E-state index contributed by atoms with van der Waals surface area (Å²) in [4.78, 5) is 0. The Morgan fingerprint density at radius 1 is 0.333 bits per heavy atom. The molecule has 0 aromatic rings. The Bertz CT molecular complexity index is 15.5. The summed E-state index contributed by atoms with van der Waals surface area (Å²) < 4.78 is 0. The maximum Gasteiger partial charge on any atom is 0 e. The van der Waals surface area contributed by atoms with Crippen LogP contribution in [0.3, 0.4) is 0 Å². The lowest BCUT2D eigenvalue weighted by Gasteiger charge is -2.00. The Morgan fingerprint density at radius 3 is 0.667 bits per heavy atom. The Labute approximate surface area is 51.5 Å². The summed E-state index contributed by atoms with van der Waals surface area (Å²) in [6, 6.07) is 0. The van der Waals surface area contributed by atoms with E-state index in [0.29, 0.717) is 0 Å². The molecule has 1 rings (SSSR count). The van der Waals surface area contributed by atoms with E-state index in [4.69, 9.17) is 0 Å². The maximum atomic E-state index is 1.39. The van der Waals surface area contributed by atoms with Gasteiger partial charge < -0.3 is 0 Å². The second kappa shape index (κ2) is 3.32. The SMILES string of the molecule is [Si]1[Si][Si][Si][Si][Si]1. The lowest BCUT2D eigenvalue weighted by molar-refractivity contribution is 3.75. The molecule has 0 atom stereocenters. The van der Waals surface area contributed by atoms with E-state index in [9.17, 15) is 0 Å². The molecule has 0 aromatic carbocycles. The molecular formula is Si6. The van der Waals surface area contributed by atoms with Crippen LogP contribution in [0.4, 0.5) is 0 Å². The van der Waals surface area contributed by atoms with Crippen molar-refractivity contribution in [1.82, 2.24) is 0 Å². The van der Waals surface area contributed by atoms with Gasteiger partial charge in [-0.15, -0.1) is 0 Å². The van der Waals surface area contributed by atoms with E-state index >= 15 is 0 Å². The summed E-state index contributed by atoms with van der Waals surface area (Å²) in [5.41, 5.74) is 0. The monoisotopic (exact) mass is 168 g/mol. The van der Waals surface area contributed by atoms with Gasteiger partial charge in [0.1, 0.15) is 0 Å². The normalized spacial score (nSPS) is 24.0. The minimum Gasteiger partial charge on any atom is 0 e. The largest absolute Gasteiger partial charge is 0 e. The van der Waals surface area contributed by atoms with Gasteiger partial charge in [-0.2, -0.15) is 0 Å². The third-order valence-corrected chi connectivity index (χ3v) is 30.4. The van der Waals surface area contributed by atoms with E-state index in [1.54, 1.807) is 0 Å². The van der Waals surface area contributed by atoms with Gasteiger partial charge in [0.15, 0.2) is 0 Å². The van der Waals surface area contributed by atoms with Crippen LogP contribution in [0.15, 0.2) is 0 Å². The molecule has 0 N–H and O–H groups in total. The number of rotatable bonds is 0. The van der Waals surface area contributed by atoms with Crippen LogP contribution in [0.5, 0.6) is 0 Å². The summed E-state index contributed by atoms with van der Waals surface area (Å²) >= 11 is 0. The fourth-order valence-corrected chi connectivity index (χ4v) is 45.6. The smallest absolute Gasteiger partial charge is 0 e. The maximum absolute atomic E-state index is 1.39. The van der Waals surface area contributed by atoms with Gasteiger partial charge in [0.2, 0.25) is 0 Å². The van der Waals surface area contributed by atoms with Crippen LogP contribution < -0.4 is 0 Å². The molecule has 6 heavy (non-hydrogen) atoms. The second-order valence-electron chi connectivity index (χ2n) is 0.750. The average molecular weight is 169 g/mol. The summed E-state index contributed by atoms with van der Waals surface area (Å²) in [6.45, 7) is 0. The molecule has 0 saturated carbocycles. The van der Waals surface area contributed by atoms with E-state index in [-0.39, 0.29) is 0 Å². The molecule has 0 spiro atoms. The van der Waals surface area contributed by atoms with Gasteiger partial charge in [0.05, 0.1) is 0 Å². The molecule has 0 unspecified atom stereocenters. The first-order valence-electron chi connectivity index (χ1n) is 1.50. The highest BCUT2D eigenvalue weighted by atomic mass is 30.1. The minimum atomic E-state index is 1.39. The highest BCUT2D eigenvalue weighted by Crippen LogP contribution is 1.62.